The van der Waals surface area contributed by atoms with Crippen LogP contribution >= 0.6 is 22.7 Å². The van der Waals surface area contributed by atoms with Gasteiger partial charge in [0.1, 0.15) is 0 Å². The van der Waals surface area contributed by atoms with Gasteiger partial charge >= 0.3 is 0 Å². The quantitative estimate of drug-likeness (QED) is 0.697. The highest BCUT2D eigenvalue weighted by Gasteiger charge is 2.20. The molecule has 0 saturated carbocycles. The first-order valence-corrected chi connectivity index (χ1v) is 10.0. The molecule has 0 spiro atoms. The summed E-state index contributed by atoms with van der Waals surface area (Å²) in [4.78, 5) is 17.7. The second-order valence-electron chi connectivity index (χ2n) is 6.44. The molecule has 4 heterocycles. The van der Waals surface area contributed by atoms with Gasteiger partial charge in [0.15, 0.2) is 5.82 Å². The molecule has 4 rings (SSSR count). The van der Waals surface area contributed by atoms with Crippen molar-refractivity contribution in [1.29, 1.82) is 0 Å². The fourth-order valence-electron chi connectivity index (χ4n) is 2.92. The van der Waals surface area contributed by atoms with Gasteiger partial charge in [-0.15, -0.1) is 22.7 Å². The molecule has 0 saturated heterocycles. The standard InChI is InChI=1S/C18H20N4S2/c1-12(2)18-20-14(11-24-18)10-22-6-5-15-13(9-22)8-19-17(21-15)16-4-3-7-23-16/h3-4,7-8,11-12H,5-6,9-10H2,1-2H3. The highest BCUT2D eigenvalue weighted by atomic mass is 32.1. The summed E-state index contributed by atoms with van der Waals surface area (Å²) < 4.78 is 0. The van der Waals surface area contributed by atoms with Crippen LogP contribution in [0.1, 0.15) is 41.7 Å². The SMILES string of the molecule is CC(C)c1nc(CN2CCc3nc(-c4cccs4)ncc3C2)cs1. The predicted octanol–water partition coefficient (Wildman–Crippen LogP) is 4.34. The normalized spacial score (nSPS) is 15.0. The van der Waals surface area contributed by atoms with Gasteiger partial charge in [0.2, 0.25) is 0 Å². The van der Waals surface area contributed by atoms with Crippen molar-refractivity contribution in [3.8, 4) is 10.7 Å². The molecule has 124 valence electrons. The van der Waals surface area contributed by atoms with Gasteiger partial charge in [-0.1, -0.05) is 19.9 Å². The Morgan fingerprint density at radius 3 is 2.92 bits per heavy atom. The molecule has 0 aromatic carbocycles. The van der Waals surface area contributed by atoms with Crippen molar-refractivity contribution in [2.45, 2.75) is 39.3 Å². The van der Waals surface area contributed by atoms with Crippen LogP contribution in [0.3, 0.4) is 0 Å². The van der Waals surface area contributed by atoms with E-state index in [1.807, 2.05) is 12.3 Å². The molecule has 3 aromatic heterocycles. The molecule has 1 aliphatic rings. The minimum atomic E-state index is 0.509. The van der Waals surface area contributed by atoms with Crippen LogP contribution in [0.2, 0.25) is 0 Å². The molecular weight excluding hydrogens is 336 g/mol. The number of thiazole rings is 1. The van der Waals surface area contributed by atoms with Crippen LogP contribution in [0.4, 0.5) is 0 Å². The number of rotatable bonds is 4. The Labute approximate surface area is 150 Å². The number of fused-ring (bicyclic) bond motifs is 1. The Bertz CT molecular complexity index is 823. The maximum absolute atomic E-state index is 4.78. The summed E-state index contributed by atoms with van der Waals surface area (Å²) in [5, 5.41) is 5.49. The van der Waals surface area contributed by atoms with Crippen LogP contribution in [0.15, 0.2) is 29.1 Å². The summed E-state index contributed by atoms with van der Waals surface area (Å²) in [5.74, 6) is 1.37. The van der Waals surface area contributed by atoms with E-state index >= 15 is 0 Å². The van der Waals surface area contributed by atoms with E-state index in [1.54, 1.807) is 22.7 Å². The van der Waals surface area contributed by atoms with Crippen molar-refractivity contribution in [3.05, 3.63) is 51.0 Å². The maximum Gasteiger partial charge on any atom is 0.169 e. The number of nitrogens with zero attached hydrogens (tertiary/aromatic N) is 4. The summed E-state index contributed by atoms with van der Waals surface area (Å²) in [7, 11) is 0. The molecule has 4 nitrogen and oxygen atoms in total. The van der Waals surface area contributed by atoms with E-state index in [0.29, 0.717) is 5.92 Å². The Balaban J connectivity index is 1.47. The Kier molecular flexibility index (Phi) is 4.43. The Morgan fingerprint density at radius 2 is 2.17 bits per heavy atom. The smallest absolute Gasteiger partial charge is 0.169 e. The van der Waals surface area contributed by atoms with E-state index in [2.05, 4.69) is 40.6 Å². The van der Waals surface area contributed by atoms with Gasteiger partial charge in [-0.25, -0.2) is 15.0 Å². The lowest BCUT2D eigenvalue weighted by molar-refractivity contribution is 0.240. The average molecular weight is 357 g/mol. The van der Waals surface area contributed by atoms with E-state index < -0.39 is 0 Å². The van der Waals surface area contributed by atoms with Crippen LogP contribution < -0.4 is 0 Å². The third-order valence-electron chi connectivity index (χ3n) is 4.20. The topological polar surface area (TPSA) is 41.9 Å². The number of hydrogen-bond donors (Lipinski definition) is 0. The Hall–Kier alpha value is -1.63. The van der Waals surface area contributed by atoms with Crippen LogP contribution in [0, 0.1) is 0 Å². The zero-order valence-corrected chi connectivity index (χ0v) is 15.5. The van der Waals surface area contributed by atoms with Gasteiger partial charge < -0.3 is 0 Å². The number of thiophene rings is 1. The van der Waals surface area contributed by atoms with Gasteiger partial charge in [0.25, 0.3) is 0 Å². The maximum atomic E-state index is 4.78. The van der Waals surface area contributed by atoms with Gasteiger partial charge in [0, 0.05) is 49.1 Å². The summed E-state index contributed by atoms with van der Waals surface area (Å²) in [6, 6.07) is 4.12. The summed E-state index contributed by atoms with van der Waals surface area (Å²) in [5.41, 5.74) is 3.63. The van der Waals surface area contributed by atoms with Crippen molar-refractivity contribution >= 4 is 22.7 Å². The third kappa shape index (κ3) is 3.27. The molecule has 0 N–H and O–H groups in total. The van der Waals surface area contributed by atoms with Crippen LogP contribution in [-0.4, -0.2) is 26.4 Å². The lowest BCUT2D eigenvalue weighted by Gasteiger charge is -2.27. The van der Waals surface area contributed by atoms with Crippen molar-refractivity contribution < 1.29 is 0 Å². The zero-order chi connectivity index (χ0) is 16.5. The van der Waals surface area contributed by atoms with Gasteiger partial charge in [-0.2, -0.15) is 0 Å². The Morgan fingerprint density at radius 1 is 1.25 bits per heavy atom. The molecule has 24 heavy (non-hydrogen) atoms. The minimum Gasteiger partial charge on any atom is -0.293 e. The van der Waals surface area contributed by atoms with Crippen molar-refractivity contribution in [1.82, 2.24) is 19.9 Å². The molecule has 3 aromatic rings. The average Bonchev–Trinajstić information content (AvgIpc) is 3.26. The molecule has 0 aliphatic carbocycles. The molecule has 0 amide bonds. The van der Waals surface area contributed by atoms with E-state index in [1.165, 1.54) is 22.0 Å². The van der Waals surface area contributed by atoms with Crippen LogP contribution in [0.25, 0.3) is 10.7 Å². The lowest BCUT2D eigenvalue weighted by atomic mass is 10.1. The van der Waals surface area contributed by atoms with Crippen molar-refractivity contribution in [3.63, 3.8) is 0 Å². The first kappa shape index (κ1) is 15.9. The molecule has 6 heteroatoms. The third-order valence-corrected chi connectivity index (χ3v) is 6.26. The second-order valence-corrected chi connectivity index (χ2v) is 8.27. The molecule has 0 atom stereocenters. The molecule has 0 bridgehead atoms. The van der Waals surface area contributed by atoms with Crippen LogP contribution in [0.5, 0.6) is 0 Å². The summed E-state index contributed by atoms with van der Waals surface area (Å²) >= 11 is 3.46. The van der Waals surface area contributed by atoms with Gasteiger partial charge in [-0.3, -0.25) is 4.90 Å². The first-order valence-electron chi connectivity index (χ1n) is 8.24. The van der Waals surface area contributed by atoms with Crippen LogP contribution in [-0.2, 0) is 19.5 Å². The van der Waals surface area contributed by atoms with E-state index in [0.717, 1.165) is 36.8 Å². The molecule has 1 aliphatic heterocycles. The number of hydrogen-bond acceptors (Lipinski definition) is 6. The van der Waals surface area contributed by atoms with E-state index in [-0.39, 0.29) is 0 Å². The second kappa shape index (κ2) is 6.70. The highest BCUT2D eigenvalue weighted by Crippen LogP contribution is 2.25. The fraction of sp³-hybridized carbons (Fsp3) is 0.389. The fourth-order valence-corrected chi connectivity index (χ4v) is 4.41. The predicted molar refractivity (Wildman–Crippen MR) is 99.4 cm³/mol. The molecular formula is C18H20N4S2. The van der Waals surface area contributed by atoms with Crippen molar-refractivity contribution in [2.24, 2.45) is 0 Å². The van der Waals surface area contributed by atoms with Crippen molar-refractivity contribution in [2.75, 3.05) is 6.54 Å². The highest BCUT2D eigenvalue weighted by molar-refractivity contribution is 7.13. The summed E-state index contributed by atoms with van der Waals surface area (Å²) in [6.07, 6.45) is 2.99. The largest absolute Gasteiger partial charge is 0.293 e. The van der Waals surface area contributed by atoms with E-state index in [4.69, 9.17) is 9.97 Å². The molecule has 0 radical (unpaired) electrons. The monoisotopic (exact) mass is 356 g/mol. The van der Waals surface area contributed by atoms with Gasteiger partial charge in [-0.05, 0) is 11.4 Å². The minimum absolute atomic E-state index is 0.509. The van der Waals surface area contributed by atoms with Gasteiger partial charge in [0.05, 0.1) is 21.3 Å². The van der Waals surface area contributed by atoms with E-state index in [9.17, 15) is 0 Å². The zero-order valence-electron chi connectivity index (χ0n) is 13.9. The number of aromatic nitrogens is 3. The first-order chi connectivity index (χ1) is 11.7. The summed E-state index contributed by atoms with van der Waals surface area (Å²) in [6.45, 7) is 7.25. The molecule has 0 fully saturated rings. The lowest BCUT2D eigenvalue weighted by Crippen LogP contribution is -2.31. The molecule has 0 unspecified atom stereocenters.